The van der Waals surface area contributed by atoms with Gasteiger partial charge in [0.25, 0.3) is 0 Å². The molecule has 0 aliphatic rings. The van der Waals surface area contributed by atoms with E-state index in [0.717, 1.165) is 21.4 Å². The smallest absolute Gasteiger partial charge is 0.233 e. The Hall–Kier alpha value is -3.06. The number of nitrogen functional groups attached to an aromatic ring is 1. The van der Waals surface area contributed by atoms with E-state index < -0.39 is 10.0 Å². The first-order valence-corrected chi connectivity index (χ1v) is 10.6. The number of aromatic nitrogens is 1. The predicted molar refractivity (Wildman–Crippen MR) is 113 cm³/mol. The number of benzene rings is 2. The Kier molecular flexibility index (Phi) is 5.84. The average Bonchev–Trinajstić information content (AvgIpc) is 3.05. The second-order valence-corrected chi connectivity index (χ2v) is 8.55. The normalized spacial score (nSPS) is 11.0. The van der Waals surface area contributed by atoms with Crippen molar-refractivity contribution in [1.29, 1.82) is 0 Å². The van der Waals surface area contributed by atoms with Gasteiger partial charge < -0.3 is 16.2 Å². The first-order valence-electron chi connectivity index (χ1n) is 8.19. The lowest BCUT2D eigenvalue weighted by molar-refractivity contribution is 0.480. The summed E-state index contributed by atoms with van der Waals surface area (Å²) in [5.41, 5.74) is 8.52. The maximum atomic E-state index is 11.3. The third-order valence-corrected chi connectivity index (χ3v) is 5.57. The fraction of sp³-hybridized carbons (Fsp3) is 0.105. The van der Waals surface area contributed by atoms with E-state index in [9.17, 15) is 13.5 Å². The summed E-state index contributed by atoms with van der Waals surface area (Å²) < 4.78 is 25.9. The van der Waals surface area contributed by atoms with Crippen molar-refractivity contribution < 1.29 is 13.5 Å². The molecule has 0 unspecified atom stereocenters. The van der Waals surface area contributed by atoms with E-state index in [1.165, 1.54) is 11.3 Å². The summed E-state index contributed by atoms with van der Waals surface area (Å²) in [6.07, 6.45) is 0. The molecule has 0 spiro atoms. The summed E-state index contributed by atoms with van der Waals surface area (Å²) in [5.74, 6) is 6.05. The van der Waals surface area contributed by atoms with Crippen LogP contribution in [0.15, 0.2) is 48.4 Å². The van der Waals surface area contributed by atoms with Gasteiger partial charge >= 0.3 is 0 Å². The molecule has 0 saturated heterocycles. The molecule has 0 aliphatic heterocycles. The van der Waals surface area contributed by atoms with Gasteiger partial charge in [0.2, 0.25) is 10.0 Å². The van der Waals surface area contributed by atoms with Gasteiger partial charge in [-0.05, 0) is 29.8 Å². The molecule has 0 bridgehead atoms. The van der Waals surface area contributed by atoms with Crippen molar-refractivity contribution in [2.75, 3.05) is 17.6 Å². The largest absolute Gasteiger partial charge is 0.506 e. The van der Waals surface area contributed by atoms with Crippen LogP contribution >= 0.6 is 11.3 Å². The molecular formula is C19H18N4O3S2. The number of nitrogens with two attached hydrogens (primary N) is 1. The van der Waals surface area contributed by atoms with Gasteiger partial charge in [0.1, 0.15) is 11.3 Å². The molecule has 0 amide bonds. The molecule has 28 heavy (non-hydrogen) atoms. The Morgan fingerprint density at radius 2 is 2.04 bits per heavy atom. The van der Waals surface area contributed by atoms with Crippen LogP contribution in [-0.2, 0) is 16.6 Å². The van der Waals surface area contributed by atoms with E-state index in [1.54, 1.807) is 6.07 Å². The van der Waals surface area contributed by atoms with E-state index in [2.05, 4.69) is 33.4 Å². The van der Waals surface area contributed by atoms with Crippen molar-refractivity contribution >= 4 is 42.4 Å². The van der Waals surface area contributed by atoms with Crippen LogP contribution in [0.2, 0.25) is 0 Å². The van der Waals surface area contributed by atoms with E-state index in [0.29, 0.717) is 22.8 Å². The molecule has 1 aromatic heterocycles. The first-order chi connectivity index (χ1) is 13.4. The zero-order chi connectivity index (χ0) is 20.1. The molecule has 2 aromatic carbocycles. The number of nitrogens with one attached hydrogen (secondary N) is 2. The quantitative estimate of drug-likeness (QED) is 0.461. The van der Waals surface area contributed by atoms with Gasteiger partial charge in [-0.25, -0.2) is 18.1 Å². The molecule has 0 aliphatic carbocycles. The molecule has 144 valence electrons. The highest BCUT2D eigenvalue weighted by atomic mass is 32.2. The lowest BCUT2D eigenvalue weighted by Gasteiger charge is -2.05. The van der Waals surface area contributed by atoms with E-state index >= 15 is 0 Å². The van der Waals surface area contributed by atoms with Crippen molar-refractivity contribution in [3.05, 3.63) is 59.5 Å². The molecule has 5 N–H and O–H groups in total. The maximum absolute atomic E-state index is 11.3. The number of sulfonamides is 1. The van der Waals surface area contributed by atoms with Crippen LogP contribution in [0.3, 0.4) is 0 Å². The number of aromatic hydroxyl groups is 1. The topological polar surface area (TPSA) is 117 Å². The highest BCUT2D eigenvalue weighted by Crippen LogP contribution is 2.31. The van der Waals surface area contributed by atoms with Gasteiger partial charge in [0, 0.05) is 23.2 Å². The molecule has 0 fully saturated rings. The monoisotopic (exact) mass is 414 g/mol. The predicted octanol–water partition coefficient (Wildman–Crippen LogP) is 2.61. The van der Waals surface area contributed by atoms with Crippen LogP contribution in [-0.4, -0.2) is 25.1 Å². The summed E-state index contributed by atoms with van der Waals surface area (Å²) in [6.45, 7) is 3.85. The zero-order valence-electron chi connectivity index (χ0n) is 14.8. The molecule has 7 nitrogen and oxygen atoms in total. The van der Waals surface area contributed by atoms with Crippen molar-refractivity contribution in [2.24, 2.45) is 0 Å². The number of thiazole rings is 1. The number of fused-ring (bicyclic) bond motifs is 1. The average molecular weight is 415 g/mol. The summed E-state index contributed by atoms with van der Waals surface area (Å²) in [6, 6.07) is 10.7. The minimum Gasteiger partial charge on any atom is -0.506 e. The molecule has 0 saturated carbocycles. The number of hydrogen-bond donors (Lipinski definition) is 4. The molecule has 1 heterocycles. The summed E-state index contributed by atoms with van der Waals surface area (Å²) in [4.78, 5) is 4.07. The summed E-state index contributed by atoms with van der Waals surface area (Å²) >= 11 is 1.30. The van der Waals surface area contributed by atoms with E-state index in [4.69, 9.17) is 5.73 Å². The maximum Gasteiger partial charge on any atom is 0.233 e. The second-order valence-electron chi connectivity index (χ2n) is 5.78. The Labute approximate surface area is 167 Å². The number of phenols is 1. The summed E-state index contributed by atoms with van der Waals surface area (Å²) in [7, 11) is -3.44. The van der Waals surface area contributed by atoms with Gasteiger partial charge in [0.05, 0.1) is 11.2 Å². The third kappa shape index (κ3) is 5.01. The lowest BCUT2D eigenvalue weighted by Crippen LogP contribution is -2.20. The molecule has 0 radical (unpaired) electrons. The Morgan fingerprint density at radius 1 is 1.29 bits per heavy atom. The number of rotatable bonds is 6. The first kappa shape index (κ1) is 19.7. The fourth-order valence-corrected chi connectivity index (χ4v) is 3.66. The molecular weight excluding hydrogens is 396 g/mol. The summed E-state index contributed by atoms with van der Waals surface area (Å²) in [5, 5.41) is 14.4. The standard InChI is InChI=1S/C19H18N4O3S2/c1-2-28(25,26)22-12-13-5-7-15(8-6-13)21-9-3-4-14-10-16(24)18-17(11-14)27-19(20)23-18/h2,5-8,10-11,21-22,24H,1,9,12H2,(H2,20,23). The highest BCUT2D eigenvalue weighted by Gasteiger charge is 2.07. The molecule has 9 heteroatoms. The van der Waals surface area contributed by atoms with Gasteiger partial charge in [-0.1, -0.05) is 41.9 Å². The van der Waals surface area contributed by atoms with Gasteiger partial charge in [-0.3, -0.25) is 0 Å². The van der Waals surface area contributed by atoms with E-state index in [-0.39, 0.29) is 12.3 Å². The Bertz CT molecular complexity index is 1170. The van der Waals surface area contributed by atoms with Crippen LogP contribution in [0.5, 0.6) is 5.75 Å². The minimum atomic E-state index is -3.44. The molecule has 0 atom stereocenters. The van der Waals surface area contributed by atoms with Crippen molar-refractivity contribution in [3.8, 4) is 17.6 Å². The highest BCUT2D eigenvalue weighted by molar-refractivity contribution is 7.92. The number of hydrogen-bond acceptors (Lipinski definition) is 7. The van der Waals surface area contributed by atoms with Crippen LogP contribution in [0, 0.1) is 11.8 Å². The van der Waals surface area contributed by atoms with Gasteiger partial charge in [-0.15, -0.1) is 0 Å². The SMILES string of the molecule is C=CS(=O)(=O)NCc1ccc(NCC#Cc2cc(O)c3nc(N)sc3c2)cc1. The van der Waals surface area contributed by atoms with Gasteiger partial charge in [0.15, 0.2) is 5.13 Å². The van der Waals surface area contributed by atoms with E-state index in [1.807, 2.05) is 30.3 Å². The van der Waals surface area contributed by atoms with Crippen molar-refractivity contribution in [3.63, 3.8) is 0 Å². The zero-order valence-corrected chi connectivity index (χ0v) is 16.4. The van der Waals surface area contributed by atoms with Crippen LogP contribution in [0.25, 0.3) is 10.2 Å². The molecule has 3 aromatic rings. The Balaban J connectivity index is 1.58. The van der Waals surface area contributed by atoms with Crippen LogP contribution in [0.1, 0.15) is 11.1 Å². The number of phenolic OH excluding ortho intramolecular Hbond substituents is 1. The minimum absolute atomic E-state index is 0.0605. The van der Waals surface area contributed by atoms with Crippen molar-refractivity contribution in [1.82, 2.24) is 9.71 Å². The van der Waals surface area contributed by atoms with Gasteiger partial charge in [-0.2, -0.15) is 0 Å². The van der Waals surface area contributed by atoms with Crippen LogP contribution < -0.4 is 15.8 Å². The lowest BCUT2D eigenvalue weighted by atomic mass is 10.2. The third-order valence-electron chi connectivity index (χ3n) is 3.76. The Morgan fingerprint density at radius 3 is 2.75 bits per heavy atom. The number of anilines is 2. The van der Waals surface area contributed by atoms with Crippen molar-refractivity contribution in [2.45, 2.75) is 6.54 Å². The number of nitrogens with zero attached hydrogens (tertiary/aromatic N) is 1. The molecule has 3 rings (SSSR count). The fourth-order valence-electron chi connectivity index (χ4n) is 2.38. The second kappa shape index (κ2) is 8.31. The van der Waals surface area contributed by atoms with Crippen LogP contribution in [0.4, 0.5) is 10.8 Å².